The minimum atomic E-state index is -1.13. The largest absolute Gasteiger partial charge is 0.465 e. The standard InChI is InChI=1S/C34H35FN2O12S2/c1-7-23(38)44-16-33(3,4)18-46-25(40)9-11-27(42)48-22-13-21(35)29(31-30(22)50-32(51-31)20(14-36)15-37)49-28(43)12-10-26(41)47-19-34(5,6)17-45-24(39)8-2/h7-8,13H,1-2,9-12,16-19H2,3-6H3. The van der Waals surface area contributed by atoms with Gasteiger partial charge in [-0.15, -0.1) is 0 Å². The van der Waals surface area contributed by atoms with Gasteiger partial charge >= 0.3 is 35.8 Å². The molecule has 1 heterocycles. The van der Waals surface area contributed by atoms with Crippen LogP contribution in [0.15, 0.2) is 51.0 Å². The highest BCUT2D eigenvalue weighted by Gasteiger charge is 2.33. The van der Waals surface area contributed by atoms with Gasteiger partial charge in [0, 0.05) is 29.0 Å². The molecule has 1 aliphatic heterocycles. The van der Waals surface area contributed by atoms with Crippen molar-refractivity contribution in [2.24, 2.45) is 10.8 Å². The molecule has 0 aliphatic carbocycles. The summed E-state index contributed by atoms with van der Waals surface area (Å²) in [5.74, 6) is -6.79. The third-order valence-corrected chi connectivity index (χ3v) is 8.84. The van der Waals surface area contributed by atoms with E-state index in [0.29, 0.717) is 0 Å². The van der Waals surface area contributed by atoms with Crippen LogP contribution >= 0.6 is 23.5 Å². The van der Waals surface area contributed by atoms with Gasteiger partial charge in [-0.3, -0.25) is 19.2 Å². The third-order valence-electron chi connectivity index (χ3n) is 6.23. The van der Waals surface area contributed by atoms with Gasteiger partial charge in [0.15, 0.2) is 11.6 Å². The smallest absolute Gasteiger partial charge is 0.330 e. The summed E-state index contributed by atoms with van der Waals surface area (Å²) in [6.07, 6.45) is 0.191. The topological polar surface area (TPSA) is 205 Å². The summed E-state index contributed by atoms with van der Waals surface area (Å²) < 4.78 is 46.3. The van der Waals surface area contributed by atoms with E-state index in [2.05, 4.69) is 13.2 Å². The number of halogens is 1. The molecule has 0 spiro atoms. The molecule has 0 radical (unpaired) electrons. The van der Waals surface area contributed by atoms with Crippen LogP contribution in [0.2, 0.25) is 0 Å². The molecule has 0 unspecified atom stereocenters. The van der Waals surface area contributed by atoms with Crippen molar-refractivity contribution in [1.82, 2.24) is 0 Å². The van der Waals surface area contributed by atoms with Crippen molar-refractivity contribution in [3.8, 4) is 23.6 Å². The van der Waals surface area contributed by atoms with Gasteiger partial charge in [0.2, 0.25) is 0 Å². The van der Waals surface area contributed by atoms with Crippen molar-refractivity contribution >= 4 is 59.3 Å². The van der Waals surface area contributed by atoms with Gasteiger partial charge in [-0.05, 0) is 0 Å². The predicted octanol–water partition coefficient (Wildman–Crippen LogP) is 5.25. The van der Waals surface area contributed by atoms with Crippen LogP contribution in [0, 0.1) is 39.3 Å². The zero-order chi connectivity index (χ0) is 38.4. The van der Waals surface area contributed by atoms with Crippen LogP contribution in [0.1, 0.15) is 53.4 Å². The molecule has 0 bridgehead atoms. The fourth-order valence-corrected chi connectivity index (χ4v) is 6.02. The monoisotopic (exact) mass is 746 g/mol. The van der Waals surface area contributed by atoms with E-state index in [1.165, 1.54) is 0 Å². The molecule has 0 N–H and O–H groups in total. The number of benzene rings is 1. The first-order valence-corrected chi connectivity index (χ1v) is 16.6. The lowest BCUT2D eigenvalue weighted by Crippen LogP contribution is -2.28. The minimum absolute atomic E-state index is 0.0520. The molecular weight excluding hydrogens is 712 g/mol. The molecule has 1 aromatic carbocycles. The Hall–Kier alpha value is -5.13. The van der Waals surface area contributed by atoms with Crippen LogP contribution in [0.5, 0.6) is 11.5 Å². The molecule has 2 rings (SSSR count). The zero-order valence-electron chi connectivity index (χ0n) is 28.3. The predicted molar refractivity (Wildman–Crippen MR) is 178 cm³/mol. The number of hydrogen-bond donors (Lipinski definition) is 0. The Morgan fingerprint density at radius 2 is 1.12 bits per heavy atom. The number of hydrogen-bond acceptors (Lipinski definition) is 16. The highest BCUT2D eigenvalue weighted by atomic mass is 32.2. The fraction of sp³-hybridized carbons (Fsp3) is 0.412. The van der Waals surface area contributed by atoms with E-state index in [4.69, 9.17) is 28.4 Å². The quantitative estimate of drug-likeness (QED) is 0.0618. The number of carbonyl (C=O) groups is 6. The Kier molecular flexibility index (Phi) is 15.9. The fourth-order valence-electron chi connectivity index (χ4n) is 3.53. The van der Waals surface area contributed by atoms with Crippen LogP contribution < -0.4 is 9.47 Å². The first kappa shape index (κ1) is 42.0. The summed E-state index contributed by atoms with van der Waals surface area (Å²) in [7, 11) is 0. The Morgan fingerprint density at radius 1 is 0.706 bits per heavy atom. The van der Waals surface area contributed by atoms with Crippen LogP contribution in [0.25, 0.3) is 0 Å². The summed E-state index contributed by atoms with van der Waals surface area (Å²) in [5, 5.41) is 18.7. The average molecular weight is 747 g/mol. The van der Waals surface area contributed by atoms with Gasteiger partial charge in [-0.25, -0.2) is 14.0 Å². The zero-order valence-corrected chi connectivity index (χ0v) is 29.9. The van der Waals surface area contributed by atoms with Gasteiger partial charge in [0.05, 0.1) is 66.1 Å². The number of rotatable bonds is 18. The summed E-state index contributed by atoms with van der Waals surface area (Å²) >= 11 is 1.55. The number of fused-ring (bicyclic) bond motifs is 1. The van der Waals surface area contributed by atoms with Gasteiger partial charge in [-0.2, -0.15) is 10.5 Å². The number of allylic oxidation sites excluding steroid dienone is 1. The highest BCUT2D eigenvalue weighted by molar-refractivity contribution is 8.24. The Labute approximate surface area is 301 Å². The van der Waals surface area contributed by atoms with Crippen molar-refractivity contribution in [1.29, 1.82) is 10.5 Å². The maximum atomic E-state index is 15.4. The maximum absolute atomic E-state index is 15.4. The number of thioether (sulfide) groups is 2. The molecule has 272 valence electrons. The maximum Gasteiger partial charge on any atom is 0.330 e. The summed E-state index contributed by atoms with van der Waals surface area (Å²) in [6, 6.07) is 4.20. The summed E-state index contributed by atoms with van der Waals surface area (Å²) in [4.78, 5) is 72.4. The van der Waals surface area contributed by atoms with E-state index in [1.807, 2.05) is 0 Å². The second kappa shape index (κ2) is 19.3. The normalized spacial score (nSPS) is 11.9. The van der Waals surface area contributed by atoms with Crippen molar-refractivity contribution < 1.29 is 61.6 Å². The third kappa shape index (κ3) is 14.0. The lowest BCUT2D eigenvalue weighted by molar-refractivity contribution is -0.153. The molecular formula is C34H35FN2O12S2. The first-order valence-electron chi connectivity index (χ1n) is 15.0. The van der Waals surface area contributed by atoms with Gasteiger partial charge < -0.3 is 28.4 Å². The van der Waals surface area contributed by atoms with Crippen LogP contribution in [0.3, 0.4) is 0 Å². The number of nitrogens with zero attached hydrogens (tertiary/aromatic N) is 2. The van der Waals surface area contributed by atoms with E-state index in [0.717, 1.165) is 41.7 Å². The Morgan fingerprint density at radius 3 is 1.57 bits per heavy atom. The van der Waals surface area contributed by atoms with E-state index < -0.39 is 83.9 Å². The van der Waals surface area contributed by atoms with Crippen LogP contribution in [0.4, 0.5) is 4.39 Å². The summed E-state index contributed by atoms with van der Waals surface area (Å²) in [6.45, 7) is 13.0. The number of nitriles is 2. The van der Waals surface area contributed by atoms with E-state index >= 15 is 4.39 Å². The molecule has 0 atom stereocenters. The summed E-state index contributed by atoms with van der Waals surface area (Å²) in [5.41, 5.74) is -1.79. The average Bonchev–Trinajstić information content (AvgIpc) is 3.53. The molecule has 0 amide bonds. The second-order valence-corrected chi connectivity index (χ2v) is 14.5. The lowest BCUT2D eigenvalue weighted by atomic mass is 9.96. The minimum Gasteiger partial charge on any atom is -0.465 e. The molecule has 0 saturated heterocycles. The van der Waals surface area contributed by atoms with Crippen molar-refractivity contribution in [2.45, 2.75) is 63.2 Å². The lowest BCUT2D eigenvalue weighted by Gasteiger charge is -2.23. The first-order chi connectivity index (χ1) is 23.9. The number of ether oxygens (including phenoxy) is 6. The second-order valence-electron chi connectivity index (χ2n) is 12.2. The molecule has 1 aromatic rings. The van der Waals surface area contributed by atoms with Gasteiger partial charge in [0.25, 0.3) is 0 Å². The molecule has 0 saturated carbocycles. The van der Waals surface area contributed by atoms with Crippen molar-refractivity contribution in [3.63, 3.8) is 0 Å². The van der Waals surface area contributed by atoms with E-state index in [9.17, 15) is 39.3 Å². The van der Waals surface area contributed by atoms with Crippen molar-refractivity contribution in [3.05, 3.63) is 47.0 Å². The van der Waals surface area contributed by atoms with E-state index in [-0.39, 0.29) is 51.8 Å². The molecule has 1 aliphatic rings. The van der Waals surface area contributed by atoms with Crippen LogP contribution in [-0.2, 0) is 47.7 Å². The van der Waals surface area contributed by atoms with Gasteiger partial charge in [0.1, 0.15) is 23.5 Å². The number of carbonyl (C=O) groups excluding carboxylic acids is 6. The molecule has 17 heteroatoms. The Bertz CT molecular complexity index is 1690. The van der Waals surface area contributed by atoms with E-state index in [1.54, 1.807) is 39.8 Å². The SMILES string of the molecule is C=CC(=O)OCC(C)(C)COC(=O)CCC(=O)Oc1cc(F)c(OC(=O)CCC(=O)OCC(C)(C)COC(=O)C=C)c2c1SC(=C(C#N)C#N)S2. The molecule has 14 nitrogen and oxygen atoms in total. The molecule has 51 heavy (non-hydrogen) atoms. The molecule has 0 fully saturated rings. The number of esters is 6. The van der Waals surface area contributed by atoms with Crippen molar-refractivity contribution in [2.75, 3.05) is 26.4 Å². The highest BCUT2D eigenvalue weighted by Crippen LogP contribution is 2.59. The molecule has 0 aromatic heterocycles. The Balaban J connectivity index is 2.09. The van der Waals surface area contributed by atoms with Gasteiger partial charge in [-0.1, -0.05) is 64.4 Å². The van der Waals surface area contributed by atoms with Crippen LogP contribution in [-0.4, -0.2) is 62.2 Å².